The Morgan fingerprint density at radius 2 is 1.93 bits per heavy atom. The summed E-state index contributed by atoms with van der Waals surface area (Å²) in [4.78, 5) is 14.8. The average molecular weight is 197 g/mol. The highest BCUT2D eigenvalue weighted by Gasteiger charge is 2.29. The molecule has 0 spiro atoms. The van der Waals surface area contributed by atoms with Crippen LogP contribution in [0.5, 0.6) is 0 Å². The van der Waals surface area contributed by atoms with Gasteiger partial charge in [-0.05, 0) is 26.7 Å². The first-order valence-corrected chi connectivity index (χ1v) is 4.85. The summed E-state index contributed by atoms with van der Waals surface area (Å²) in [5.41, 5.74) is -0.503. The van der Waals surface area contributed by atoms with Crippen LogP contribution in [0.2, 0.25) is 0 Å². The van der Waals surface area contributed by atoms with Gasteiger partial charge in [-0.2, -0.15) is 0 Å². The molecule has 0 amide bonds. The SMILES string of the molecule is [C-]#[N+]C(CC(C)C)C(=O)OC(C)(C)C. The van der Waals surface area contributed by atoms with Crippen molar-refractivity contribution in [3.8, 4) is 0 Å². The summed E-state index contributed by atoms with van der Waals surface area (Å²) in [7, 11) is 0. The Kier molecular flexibility index (Phi) is 4.62. The molecule has 0 radical (unpaired) electrons. The second-order valence-electron chi connectivity index (χ2n) is 4.81. The number of esters is 1. The molecule has 0 aliphatic heterocycles. The van der Waals surface area contributed by atoms with Gasteiger partial charge in [0, 0.05) is 6.42 Å². The average Bonchev–Trinajstić information content (AvgIpc) is 1.96. The maximum Gasteiger partial charge on any atom is 0.390 e. The van der Waals surface area contributed by atoms with Crippen LogP contribution in [0.25, 0.3) is 4.85 Å². The summed E-state index contributed by atoms with van der Waals surface area (Å²) in [5, 5.41) is 0. The van der Waals surface area contributed by atoms with E-state index < -0.39 is 17.6 Å². The van der Waals surface area contributed by atoms with E-state index in [1.165, 1.54) is 0 Å². The Bertz CT molecular complexity index is 233. The third kappa shape index (κ3) is 5.58. The largest absolute Gasteiger partial charge is 0.454 e. The number of carbonyl (C=O) groups is 1. The standard InChI is InChI=1S/C11H19NO2/c1-8(2)7-9(12-6)10(13)14-11(3,4)5/h8-9H,7H2,1-5H3. The van der Waals surface area contributed by atoms with E-state index in [0.29, 0.717) is 12.3 Å². The van der Waals surface area contributed by atoms with E-state index >= 15 is 0 Å². The topological polar surface area (TPSA) is 30.7 Å². The lowest BCUT2D eigenvalue weighted by Crippen LogP contribution is -2.30. The quantitative estimate of drug-likeness (QED) is 0.514. The first kappa shape index (κ1) is 13.0. The number of carbonyl (C=O) groups excluding carboxylic acids is 1. The normalized spacial score (nSPS) is 13.5. The zero-order chi connectivity index (χ0) is 11.4. The lowest BCUT2D eigenvalue weighted by Gasteiger charge is -2.20. The summed E-state index contributed by atoms with van der Waals surface area (Å²) in [6, 6.07) is -0.644. The third-order valence-electron chi connectivity index (χ3n) is 1.53. The van der Waals surface area contributed by atoms with Crippen molar-refractivity contribution in [3.05, 3.63) is 11.4 Å². The van der Waals surface area contributed by atoms with E-state index in [4.69, 9.17) is 11.3 Å². The zero-order valence-electron chi connectivity index (χ0n) is 9.63. The smallest absolute Gasteiger partial charge is 0.390 e. The number of rotatable bonds is 3. The van der Waals surface area contributed by atoms with Crippen molar-refractivity contribution in [1.82, 2.24) is 0 Å². The fraction of sp³-hybridized carbons (Fsp3) is 0.818. The second kappa shape index (κ2) is 4.99. The number of hydrogen-bond donors (Lipinski definition) is 0. The van der Waals surface area contributed by atoms with Crippen molar-refractivity contribution in [1.29, 1.82) is 0 Å². The predicted octanol–water partition coefficient (Wildman–Crippen LogP) is 2.66. The molecule has 0 aromatic heterocycles. The molecule has 80 valence electrons. The molecular weight excluding hydrogens is 178 g/mol. The van der Waals surface area contributed by atoms with Gasteiger partial charge in [0.15, 0.2) is 0 Å². The van der Waals surface area contributed by atoms with Crippen LogP contribution in [-0.4, -0.2) is 17.6 Å². The van der Waals surface area contributed by atoms with E-state index in [-0.39, 0.29) is 0 Å². The molecule has 0 rings (SSSR count). The van der Waals surface area contributed by atoms with Crippen molar-refractivity contribution >= 4 is 5.97 Å². The molecule has 1 unspecified atom stereocenters. The van der Waals surface area contributed by atoms with Gasteiger partial charge in [0.25, 0.3) is 0 Å². The molecule has 3 heteroatoms. The summed E-state index contributed by atoms with van der Waals surface area (Å²) in [6.07, 6.45) is 0.568. The lowest BCUT2D eigenvalue weighted by molar-refractivity contribution is -0.155. The van der Waals surface area contributed by atoms with Gasteiger partial charge in [-0.15, -0.1) is 0 Å². The Hall–Kier alpha value is -1.04. The third-order valence-corrected chi connectivity index (χ3v) is 1.53. The van der Waals surface area contributed by atoms with Crippen molar-refractivity contribution in [2.75, 3.05) is 0 Å². The van der Waals surface area contributed by atoms with Gasteiger partial charge in [-0.25, -0.2) is 11.4 Å². The van der Waals surface area contributed by atoms with Crippen molar-refractivity contribution in [2.24, 2.45) is 5.92 Å². The molecular formula is C11H19NO2. The van der Waals surface area contributed by atoms with Crippen LogP contribution in [0.1, 0.15) is 41.0 Å². The van der Waals surface area contributed by atoms with Gasteiger partial charge in [0.2, 0.25) is 0 Å². The molecule has 0 aliphatic rings. The number of nitrogens with zero attached hydrogens (tertiary/aromatic N) is 1. The molecule has 0 aromatic carbocycles. The van der Waals surface area contributed by atoms with E-state index in [2.05, 4.69) is 4.85 Å². The minimum Gasteiger partial charge on any atom is -0.454 e. The summed E-state index contributed by atoms with van der Waals surface area (Å²) in [5.74, 6) is -0.0668. The molecule has 0 N–H and O–H groups in total. The second-order valence-corrected chi connectivity index (χ2v) is 4.81. The Morgan fingerprint density at radius 1 is 1.43 bits per heavy atom. The van der Waals surface area contributed by atoms with Gasteiger partial charge in [-0.3, -0.25) is 0 Å². The fourth-order valence-corrected chi connectivity index (χ4v) is 1.02. The highest BCUT2D eigenvalue weighted by Crippen LogP contribution is 2.14. The minimum atomic E-state index is -0.644. The molecule has 0 aromatic rings. The molecule has 0 bridgehead atoms. The highest BCUT2D eigenvalue weighted by atomic mass is 16.6. The molecule has 3 nitrogen and oxygen atoms in total. The van der Waals surface area contributed by atoms with Gasteiger partial charge in [0.05, 0.1) is 0 Å². The molecule has 1 atom stereocenters. The lowest BCUT2D eigenvalue weighted by atomic mass is 10.0. The van der Waals surface area contributed by atoms with Crippen LogP contribution >= 0.6 is 0 Å². The Morgan fingerprint density at radius 3 is 2.21 bits per heavy atom. The first-order chi connectivity index (χ1) is 6.26. The maximum atomic E-state index is 11.5. The highest BCUT2D eigenvalue weighted by molar-refractivity contribution is 5.78. The van der Waals surface area contributed by atoms with E-state index in [1.54, 1.807) is 20.8 Å². The van der Waals surface area contributed by atoms with Crippen LogP contribution in [0.3, 0.4) is 0 Å². The van der Waals surface area contributed by atoms with Crippen LogP contribution in [0, 0.1) is 12.5 Å². The molecule has 0 saturated heterocycles. The molecule has 0 heterocycles. The summed E-state index contributed by atoms with van der Waals surface area (Å²) in [6.45, 7) is 16.3. The van der Waals surface area contributed by atoms with Crippen LogP contribution in [-0.2, 0) is 9.53 Å². The van der Waals surface area contributed by atoms with E-state index in [0.717, 1.165) is 0 Å². The van der Waals surface area contributed by atoms with E-state index in [9.17, 15) is 4.79 Å². The van der Waals surface area contributed by atoms with Crippen molar-refractivity contribution < 1.29 is 9.53 Å². The molecule has 0 saturated carbocycles. The monoisotopic (exact) mass is 197 g/mol. The van der Waals surface area contributed by atoms with E-state index in [1.807, 2.05) is 13.8 Å². The Labute approximate surface area is 86.3 Å². The predicted molar refractivity (Wildman–Crippen MR) is 55.7 cm³/mol. The van der Waals surface area contributed by atoms with Crippen LogP contribution in [0.15, 0.2) is 0 Å². The minimum absolute atomic E-state index is 0.335. The molecule has 0 fully saturated rings. The first-order valence-electron chi connectivity index (χ1n) is 4.85. The summed E-state index contributed by atoms with van der Waals surface area (Å²) >= 11 is 0. The van der Waals surface area contributed by atoms with Gasteiger partial charge < -0.3 is 9.58 Å². The molecule has 0 aliphatic carbocycles. The number of ether oxygens (including phenoxy) is 1. The zero-order valence-corrected chi connectivity index (χ0v) is 9.63. The van der Waals surface area contributed by atoms with Gasteiger partial charge in [0.1, 0.15) is 5.60 Å². The number of hydrogen-bond acceptors (Lipinski definition) is 2. The van der Waals surface area contributed by atoms with Gasteiger partial charge >= 0.3 is 12.0 Å². The van der Waals surface area contributed by atoms with Crippen molar-refractivity contribution in [2.45, 2.75) is 52.7 Å². The van der Waals surface area contributed by atoms with Gasteiger partial charge in [-0.1, -0.05) is 13.8 Å². The Balaban J connectivity index is 4.28. The summed E-state index contributed by atoms with van der Waals surface area (Å²) < 4.78 is 5.14. The maximum absolute atomic E-state index is 11.5. The van der Waals surface area contributed by atoms with Crippen LogP contribution < -0.4 is 0 Å². The van der Waals surface area contributed by atoms with Crippen molar-refractivity contribution in [3.63, 3.8) is 0 Å². The van der Waals surface area contributed by atoms with Crippen LogP contribution in [0.4, 0.5) is 0 Å². The molecule has 14 heavy (non-hydrogen) atoms. The fourth-order valence-electron chi connectivity index (χ4n) is 1.02.